The minimum Gasteiger partial charge on any atom is -0.392 e. The summed E-state index contributed by atoms with van der Waals surface area (Å²) >= 11 is 0. The van der Waals surface area contributed by atoms with Gasteiger partial charge in [-0.15, -0.1) is 0 Å². The highest BCUT2D eigenvalue weighted by Crippen LogP contribution is 2.11. The van der Waals surface area contributed by atoms with Crippen LogP contribution in [0.15, 0.2) is 12.3 Å². The van der Waals surface area contributed by atoms with E-state index in [1.54, 1.807) is 6.20 Å². The molecule has 0 amide bonds. The number of pyridine rings is 1. The van der Waals surface area contributed by atoms with Gasteiger partial charge in [0.25, 0.3) is 0 Å². The third kappa shape index (κ3) is 1.60. The zero-order chi connectivity index (χ0) is 8.97. The second-order valence-electron chi connectivity index (χ2n) is 2.55. The van der Waals surface area contributed by atoms with Crippen molar-refractivity contribution in [3.8, 4) is 6.07 Å². The molecule has 0 radical (unpaired) electrons. The van der Waals surface area contributed by atoms with Crippen LogP contribution in [0.4, 0.5) is 0 Å². The maximum atomic E-state index is 8.98. The average molecular weight is 162 g/mol. The predicted octanol–water partition coefficient (Wildman–Crippen LogP) is 0.948. The number of nitrogens with zero attached hydrogens (tertiary/aromatic N) is 2. The molecule has 0 saturated heterocycles. The van der Waals surface area contributed by atoms with Gasteiger partial charge in [0.05, 0.1) is 24.8 Å². The molecule has 1 rings (SSSR count). The van der Waals surface area contributed by atoms with Gasteiger partial charge in [0.15, 0.2) is 0 Å². The van der Waals surface area contributed by atoms with E-state index in [1.165, 1.54) is 0 Å². The first-order valence-corrected chi connectivity index (χ1v) is 3.70. The fraction of sp³-hybridized carbons (Fsp3) is 0.333. The van der Waals surface area contributed by atoms with E-state index in [0.29, 0.717) is 5.69 Å². The van der Waals surface area contributed by atoms with Crippen molar-refractivity contribution < 1.29 is 5.11 Å². The summed E-state index contributed by atoms with van der Waals surface area (Å²) in [4.78, 5) is 4.02. The predicted molar refractivity (Wildman–Crippen MR) is 44.2 cm³/mol. The molecule has 0 aliphatic rings. The van der Waals surface area contributed by atoms with E-state index in [0.717, 1.165) is 11.1 Å². The second kappa shape index (κ2) is 3.84. The first-order chi connectivity index (χ1) is 5.79. The first kappa shape index (κ1) is 8.69. The van der Waals surface area contributed by atoms with Crippen molar-refractivity contribution in [1.82, 2.24) is 4.98 Å². The Kier molecular flexibility index (Phi) is 2.78. The van der Waals surface area contributed by atoms with Gasteiger partial charge >= 0.3 is 0 Å². The van der Waals surface area contributed by atoms with E-state index in [-0.39, 0.29) is 13.0 Å². The molecule has 0 unspecified atom stereocenters. The van der Waals surface area contributed by atoms with Crippen LogP contribution in [0.2, 0.25) is 0 Å². The molecular weight excluding hydrogens is 152 g/mol. The van der Waals surface area contributed by atoms with Gasteiger partial charge in [0.1, 0.15) is 0 Å². The summed E-state index contributed by atoms with van der Waals surface area (Å²) in [6.07, 6.45) is 1.92. The van der Waals surface area contributed by atoms with Crippen molar-refractivity contribution >= 4 is 0 Å². The number of rotatable bonds is 2. The molecule has 0 spiro atoms. The standard InChI is InChI=1S/C9H10N2O/c1-7-3-5-11-9(2-4-10)8(7)6-12/h3,5,12H,2,6H2,1H3. The summed E-state index contributed by atoms with van der Waals surface area (Å²) in [5.41, 5.74) is 2.44. The monoisotopic (exact) mass is 162 g/mol. The Hall–Kier alpha value is -1.40. The Balaban J connectivity index is 3.11. The number of aliphatic hydroxyl groups excluding tert-OH is 1. The van der Waals surface area contributed by atoms with Gasteiger partial charge in [-0.2, -0.15) is 5.26 Å². The van der Waals surface area contributed by atoms with Crippen molar-refractivity contribution in [2.24, 2.45) is 0 Å². The molecule has 0 bridgehead atoms. The minimum absolute atomic E-state index is 0.0450. The molecule has 62 valence electrons. The summed E-state index contributed by atoms with van der Waals surface area (Å²) in [5.74, 6) is 0. The van der Waals surface area contributed by atoms with Gasteiger partial charge in [-0.25, -0.2) is 0 Å². The fourth-order valence-corrected chi connectivity index (χ4v) is 1.09. The maximum absolute atomic E-state index is 8.98. The van der Waals surface area contributed by atoms with Crippen LogP contribution >= 0.6 is 0 Å². The molecule has 1 aromatic heterocycles. The number of nitriles is 1. The van der Waals surface area contributed by atoms with Crippen LogP contribution in [-0.4, -0.2) is 10.1 Å². The minimum atomic E-state index is -0.0450. The SMILES string of the molecule is Cc1ccnc(CC#N)c1CO. The molecule has 0 saturated carbocycles. The Morgan fingerprint density at radius 2 is 2.42 bits per heavy atom. The van der Waals surface area contributed by atoms with Crippen LogP contribution in [0, 0.1) is 18.3 Å². The van der Waals surface area contributed by atoms with E-state index in [9.17, 15) is 0 Å². The van der Waals surface area contributed by atoms with E-state index < -0.39 is 0 Å². The fourth-order valence-electron chi connectivity index (χ4n) is 1.09. The van der Waals surface area contributed by atoms with Gasteiger partial charge in [-0.3, -0.25) is 4.98 Å². The molecular formula is C9H10N2O. The van der Waals surface area contributed by atoms with Crippen LogP contribution in [0.3, 0.4) is 0 Å². The maximum Gasteiger partial charge on any atom is 0.0778 e. The quantitative estimate of drug-likeness (QED) is 0.704. The van der Waals surface area contributed by atoms with Crippen molar-refractivity contribution in [3.63, 3.8) is 0 Å². The van der Waals surface area contributed by atoms with Crippen LogP contribution in [0.25, 0.3) is 0 Å². The van der Waals surface area contributed by atoms with Crippen LogP contribution in [0.5, 0.6) is 0 Å². The highest BCUT2D eigenvalue weighted by molar-refractivity contribution is 5.29. The Morgan fingerprint density at radius 3 is 3.00 bits per heavy atom. The van der Waals surface area contributed by atoms with Crippen LogP contribution < -0.4 is 0 Å². The largest absolute Gasteiger partial charge is 0.392 e. The number of aryl methyl sites for hydroxylation is 1. The lowest BCUT2D eigenvalue weighted by Gasteiger charge is -2.05. The molecule has 0 aliphatic carbocycles. The van der Waals surface area contributed by atoms with Crippen LogP contribution in [0.1, 0.15) is 16.8 Å². The number of hydrogen-bond donors (Lipinski definition) is 1. The molecule has 1 N–H and O–H groups in total. The first-order valence-electron chi connectivity index (χ1n) is 3.70. The molecule has 3 heteroatoms. The third-order valence-corrected chi connectivity index (χ3v) is 1.78. The summed E-state index contributed by atoms with van der Waals surface area (Å²) in [6.45, 7) is 1.85. The molecule has 0 atom stereocenters. The summed E-state index contributed by atoms with van der Waals surface area (Å²) in [7, 11) is 0. The number of aromatic nitrogens is 1. The molecule has 1 heterocycles. The van der Waals surface area contributed by atoms with E-state index in [2.05, 4.69) is 4.98 Å². The van der Waals surface area contributed by atoms with E-state index in [1.807, 2.05) is 19.1 Å². The average Bonchev–Trinajstić information content (AvgIpc) is 2.05. The molecule has 0 aliphatic heterocycles. The second-order valence-corrected chi connectivity index (χ2v) is 2.55. The van der Waals surface area contributed by atoms with Gasteiger partial charge < -0.3 is 5.11 Å². The normalized spacial score (nSPS) is 9.42. The van der Waals surface area contributed by atoms with E-state index in [4.69, 9.17) is 10.4 Å². The molecule has 12 heavy (non-hydrogen) atoms. The summed E-state index contributed by atoms with van der Waals surface area (Å²) < 4.78 is 0. The zero-order valence-electron chi connectivity index (χ0n) is 6.91. The molecule has 0 fully saturated rings. The molecule has 1 aromatic rings. The Labute approximate surface area is 71.3 Å². The Bertz CT molecular complexity index is 315. The molecule has 3 nitrogen and oxygen atoms in total. The van der Waals surface area contributed by atoms with Crippen molar-refractivity contribution in [3.05, 3.63) is 29.1 Å². The lowest BCUT2D eigenvalue weighted by molar-refractivity contribution is 0.279. The highest BCUT2D eigenvalue weighted by Gasteiger charge is 2.04. The van der Waals surface area contributed by atoms with Crippen molar-refractivity contribution in [2.75, 3.05) is 0 Å². The molecule has 0 aromatic carbocycles. The van der Waals surface area contributed by atoms with Gasteiger partial charge in [0.2, 0.25) is 0 Å². The lowest BCUT2D eigenvalue weighted by Crippen LogP contribution is -1.99. The third-order valence-electron chi connectivity index (χ3n) is 1.78. The summed E-state index contributed by atoms with van der Waals surface area (Å²) in [6, 6.07) is 3.84. The number of hydrogen-bond acceptors (Lipinski definition) is 3. The van der Waals surface area contributed by atoms with Crippen molar-refractivity contribution in [1.29, 1.82) is 5.26 Å². The van der Waals surface area contributed by atoms with Gasteiger partial charge in [-0.1, -0.05) is 0 Å². The zero-order valence-corrected chi connectivity index (χ0v) is 6.91. The van der Waals surface area contributed by atoms with E-state index >= 15 is 0 Å². The van der Waals surface area contributed by atoms with Gasteiger partial charge in [0, 0.05) is 11.8 Å². The number of aliphatic hydroxyl groups is 1. The Morgan fingerprint density at radius 1 is 1.67 bits per heavy atom. The van der Waals surface area contributed by atoms with Crippen molar-refractivity contribution in [2.45, 2.75) is 20.0 Å². The highest BCUT2D eigenvalue weighted by atomic mass is 16.3. The van der Waals surface area contributed by atoms with Gasteiger partial charge in [-0.05, 0) is 18.6 Å². The lowest BCUT2D eigenvalue weighted by atomic mass is 10.1. The smallest absolute Gasteiger partial charge is 0.0778 e. The van der Waals surface area contributed by atoms with Crippen LogP contribution in [-0.2, 0) is 13.0 Å². The summed E-state index contributed by atoms with van der Waals surface area (Å²) in [5, 5.41) is 17.4. The topological polar surface area (TPSA) is 56.9 Å².